The topological polar surface area (TPSA) is 23.9 Å². The van der Waals surface area contributed by atoms with Crippen LogP contribution in [0.2, 0.25) is 0 Å². The van der Waals surface area contributed by atoms with Crippen LogP contribution in [0, 0.1) is 5.41 Å². The zero-order valence-electron chi connectivity index (χ0n) is 3.57. The summed E-state index contributed by atoms with van der Waals surface area (Å²) in [5, 5.41) is 6.96. The Kier molecular flexibility index (Phi) is 0.748. The van der Waals surface area contributed by atoms with E-state index < -0.39 is 0 Å². The lowest BCUT2D eigenvalue weighted by atomic mass is 10.3. The van der Waals surface area contributed by atoms with Crippen LogP contribution in [-0.4, -0.2) is 5.71 Å². The second-order valence-corrected chi connectivity index (χ2v) is 1.47. The molecule has 1 rings (SSSR count). The Labute approximate surface area is 37.2 Å². The molecule has 0 spiro atoms. The van der Waals surface area contributed by atoms with E-state index >= 15 is 0 Å². The molecule has 0 bridgehead atoms. The maximum atomic E-state index is 6.96. The molecule has 1 N–H and O–H groups in total. The number of rotatable bonds is 0. The molecule has 0 unspecified atom stereocenters. The lowest BCUT2D eigenvalue weighted by molar-refractivity contribution is 1.13. The molecule has 0 heterocycles. The van der Waals surface area contributed by atoms with Crippen molar-refractivity contribution in [2.45, 2.75) is 12.8 Å². The van der Waals surface area contributed by atoms with Crippen LogP contribution in [0.1, 0.15) is 12.8 Å². The molecule has 1 nitrogen and oxygen atoms in total. The minimum absolute atomic E-state index is 0.773. The third kappa shape index (κ3) is 0.482. The summed E-state index contributed by atoms with van der Waals surface area (Å²) < 4.78 is 0. The van der Waals surface area contributed by atoms with Gasteiger partial charge in [0, 0.05) is 5.71 Å². The minimum Gasteiger partial charge on any atom is -0.305 e. The van der Waals surface area contributed by atoms with Crippen LogP contribution in [0.15, 0.2) is 12.2 Å². The van der Waals surface area contributed by atoms with Crippen molar-refractivity contribution in [3.8, 4) is 0 Å². The summed E-state index contributed by atoms with van der Waals surface area (Å²) in [7, 11) is 0. The van der Waals surface area contributed by atoms with Gasteiger partial charge in [-0.3, -0.25) is 0 Å². The van der Waals surface area contributed by atoms with Gasteiger partial charge in [-0.15, -0.1) is 0 Å². The molecule has 6 heavy (non-hydrogen) atoms. The SMILES string of the molecule is N=C1C=CCC1. The largest absolute Gasteiger partial charge is 0.305 e. The maximum Gasteiger partial charge on any atom is 0.0313 e. The predicted octanol–water partition coefficient (Wildman–Crippen LogP) is 1.36. The Morgan fingerprint density at radius 1 is 1.67 bits per heavy atom. The lowest BCUT2D eigenvalue weighted by Crippen LogP contribution is -1.78. The third-order valence-corrected chi connectivity index (χ3v) is 0.899. The van der Waals surface area contributed by atoms with Crippen molar-refractivity contribution < 1.29 is 0 Å². The van der Waals surface area contributed by atoms with Gasteiger partial charge in [0.1, 0.15) is 0 Å². The van der Waals surface area contributed by atoms with Crippen LogP contribution >= 0.6 is 0 Å². The molecule has 0 aromatic heterocycles. The molecule has 0 atom stereocenters. The summed E-state index contributed by atoms with van der Waals surface area (Å²) in [5.41, 5.74) is 0.773. The fraction of sp³-hybridized carbons (Fsp3) is 0.400. The molecule has 1 aliphatic rings. The van der Waals surface area contributed by atoms with Crippen LogP contribution in [0.25, 0.3) is 0 Å². The van der Waals surface area contributed by atoms with E-state index in [0.717, 1.165) is 18.6 Å². The molecule has 0 aliphatic heterocycles. The average molecular weight is 81.1 g/mol. The third-order valence-electron chi connectivity index (χ3n) is 0.899. The number of nitrogens with one attached hydrogen (secondary N) is 1. The van der Waals surface area contributed by atoms with Crippen LogP contribution in [0.3, 0.4) is 0 Å². The first kappa shape index (κ1) is 3.59. The first-order chi connectivity index (χ1) is 2.89. The summed E-state index contributed by atoms with van der Waals surface area (Å²) in [5.74, 6) is 0. The van der Waals surface area contributed by atoms with Crippen molar-refractivity contribution in [3.63, 3.8) is 0 Å². The molecule has 0 fully saturated rings. The van der Waals surface area contributed by atoms with Crippen molar-refractivity contribution in [3.05, 3.63) is 12.2 Å². The van der Waals surface area contributed by atoms with Gasteiger partial charge in [0.25, 0.3) is 0 Å². The normalized spacial score (nSPS) is 19.7. The van der Waals surface area contributed by atoms with E-state index in [1.54, 1.807) is 0 Å². The predicted molar refractivity (Wildman–Crippen MR) is 26.1 cm³/mol. The first-order valence-corrected chi connectivity index (χ1v) is 2.13. The lowest BCUT2D eigenvalue weighted by Gasteiger charge is -1.76. The fourth-order valence-electron chi connectivity index (χ4n) is 0.548. The summed E-state index contributed by atoms with van der Waals surface area (Å²) in [6.07, 6.45) is 5.93. The van der Waals surface area contributed by atoms with Gasteiger partial charge in [0.05, 0.1) is 0 Å². The molecule has 1 aliphatic carbocycles. The molecule has 32 valence electrons. The van der Waals surface area contributed by atoms with E-state index in [1.807, 2.05) is 12.2 Å². The van der Waals surface area contributed by atoms with Crippen molar-refractivity contribution in [2.75, 3.05) is 0 Å². The van der Waals surface area contributed by atoms with Crippen molar-refractivity contribution >= 4 is 5.71 Å². The van der Waals surface area contributed by atoms with Crippen LogP contribution in [0.5, 0.6) is 0 Å². The summed E-state index contributed by atoms with van der Waals surface area (Å²) >= 11 is 0. The van der Waals surface area contributed by atoms with E-state index in [-0.39, 0.29) is 0 Å². The highest BCUT2D eigenvalue weighted by molar-refractivity contribution is 5.94. The molecule has 0 saturated heterocycles. The summed E-state index contributed by atoms with van der Waals surface area (Å²) in [4.78, 5) is 0. The Balaban J connectivity index is 2.59. The fourth-order valence-corrected chi connectivity index (χ4v) is 0.548. The smallest absolute Gasteiger partial charge is 0.0313 e. The standard InChI is InChI=1S/C5H7N/c6-5-3-1-2-4-5/h1,3,6H,2,4H2. The zero-order chi connectivity index (χ0) is 4.41. The van der Waals surface area contributed by atoms with Crippen LogP contribution in [0.4, 0.5) is 0 Å². The van der Waals surface area contributed by atoms with E-state index in [1.165, 1.54) is 0 Å². The highest BCUT2D eigenvalue weighted by Crippen LogP contribution is 2.01. The van der Waals surface area contributed by atoms with E-state index in [2.05, 4.69) is 0 Å². The van der Waals surface area contributed by atoms with E-state index in [9.17, 15) is 0 Å². The summed E-state index contributed by atoms with van der Waals surface area (Å²) in [6, 6.07) is 0. The molecular formula is C5H7N. The molecule has 0 aromatic carbocycles. The molecule has 0 radical (unpaired) electrons. The molecule has 0 aromatic rings. The Morgan fingerprint density at radius 2 is 2.50 bits per heavy atom. The van der Waals surface area contributed by atoms with Gasteiger partial charge in [0.15, 0.2) is 0 Å². The molecular weight excluding hydrogens is 74.1 g/mol. The number of hydrogen-bond acceptors (Lipinski definition) is 1. The van der Waals surface area contributed by atoms with Crippen molar-refractivity contribution in [1.82, 2.24) is 0 Å². The monoisotopic (exact) mass is 81.1 g/mol. The second-order valence-electron chi connectivity index (χ2n) is 1.47. The first-order valence-electron chi connectivity index (χ1n) is 2.13. The van der Waals surface area contributed by atoms with Crippen LogP contribution < -0.4 is 0 Å². The van der Waals surface area contributed by atoms with E-state index in [0.29, 0.717) is 0 Å². The Bertz CT molecular complexity index is 92.1. The Hall–Kier alpha value is -0.590. The van der Waals surface area contributed by atoms with Gasteiger partial charge in [0.2, 0.25) is 0 Å². The molecule has 0 saturated carbocycles. The van der Waals surface area contributed by atoms with Crippen molar-refractivity contribution in [2.24, 2.45) is 0 Å². The van der Waals surface area contributed by atoms with Gasteiger partial charge in [-0.05, 0) is 18.9 Å². The Morgan fingerprint density at radius 3 is 2.67 bits per heavy atom. The van der Waals surface area contributed by atoms with Gasteiger partial charge in [-0.2, -0.15) is 0 Å². The second kappa shape index (κ2) is 1.25. The highest BCUT2D eigenvalue weighted by atomic mass is 14.4. The maximum absolute atomic E-state index is 6.96. The zero-order valence-corrected chi connectivity index (χ0v) is 3.57. The number of allylic oxidation sites excluding steroid dienone is 2. The molecule has 0 amide bonds. The van der Waals surface area contributed by atoms with Gasteiger partial charge in [-0.25, -0.2) is 0 Å². The van der Waals surface area contributed by atoms with Gasteiger partial charge in [-0.1, -0.05) is 6.08 Å². The average Bonchev–Trinajstić information content (AvgIpc) is 1.86. The minimum atomic E-state index is 0.773. The molecule has 1 heteroatoms. The summed E-state index contributed by atoms with van der Waals surface area (Å²) in [6.45, 7) is 0. The van der Waals surface area contributed by atoms with Crippen molar-refractivity contribution in [1.29, 1.82) is 5.41 Å². The van der Waals surface area contributed by atoms with Gasteiger partial charge >= 0.3 is 0 Å². The highest BCUT2D eigenvalue weighted by Gasteiger charge is 1.94. The van der Waals surface area contributed by atoms with Crippen LogP contribution in [-0.2, 0) is 0 Å². The quantitative estimate of drug-likeness (QED) is 0.455. The number of hydrogen-bond donors (Lipinski definition) is 1. The van der Waals surface area contributed by atoms with Gasteiger partial charge < -0.3 is 5.41 Å². The van der Waals surface area contributed by atoms with E-state index in [4.69, 9.17) is 5.41 Å².